The molecule has 0 aromatic rings. The summed E-state index contributed by atoms with van der Waals surface area (Å²) in [5.41, 5.74) is -0.145. The summed E-state index contributed by atoms with van der Waals surface area (Å²) in [6.07, 6.45) is 2.02. The van der Waals surface area contributed by atoms with Crippen LogP contribution < -0.4 is 0 Å². The third kappa shape index (κ3) is 6.06. The van der Waals surface area contributed by atoms with Gasteiger partial charge in [0.1, 0.15) is 0 Å². The molecular formula is C12H20O5. The van der Waals surface area contributed by atoms with Crippen molar-refractivity contribution >= 4 is 11.9 Å². The van der Waals surface area contributed by atoms with Crippen LogP contribution in [0.4, 0.5) is 0 Å². The Morgan fingerprint density at radius 2 is 1.82 bits per heavy atom. The Kier molecular flexibility index (Phi) is 7.21. The van der Waals surface area contributed by atoms with Crippen molar-refractivity contribution in [2.24, 2.45) is 5.92 Å². The van der Waals surface area contributed by atoms with Gasteiger partial charge in [-0.05, 0) is 19.8 Å². The molecule has 0 heterocycles. The average molecular weight is 244 g/mol. The van der Waals surface area contributed by atoms with Crippen molar-refractivity contribution in [2.75, 3.05) is 7.11 Å². The molecule has 0 saturated carbocycles. The molecule has 5 heteroatoms. The van der Waals surface area contributed by atoms with Gasteiger partial charge in [-0.15, -0.1) is 0 Å². The zero-order valence-corrected chi connectivity index (χ0v) is 10.3. The Balaban J connectivity index is 4.26. The number of carboxylic acids is 1. The molecule has 0 unspecified atom stereocenters. The summed E-state index contributed by atoms with van der Waals surface area (Å²) >= 11 is 0. The van der Waals surface area contributed by atoms with Crippen molar-refractivity contribution in [3.05, 3.63) is 12.2 Å². The van der Waals surface area contributed by atoms with E-state index in [-0.39, 0.29) is 11.7 Å². The van der Waals surface area contributed by atoms with Crippen LogP contribution in [0.3, 0.4) is 0 Å². The van der Waals surface area contributed by atoms with Gasteiger partial charge in [-0.2, -0.15) is 0 Å². The normalized spacial score (nSPS) is 13.8. The number of esters is 1. The summed E-state index contributed by atoms with van der Waals surface area (Å²) in [4.78, 5) is 22.1. The van der Waals surface area contributed by atoms with E-state index in [4.69, 9.17) is 10.2 Å². The molecule has 0 bridgehead atoms. The number of carbonyl (C=O) groups is 2. The van der Waals surface area contributed by atoms with Gasteiger partial charge in [0, 0.05) is 5.57 Å². The minimum atomic E-state index is -1.18. The van der Waals surface area contributed by atoms with Gasteiger partial charge in [-0.25, -0.2) is 4.79 Å². The SMILES string of the molecule is C=C(C(=O)O)[C@@H](CCCC[C@@H](C)O)C(=O)OC. The number of ether oxygens (including phenoxy) is 1. The number of methoxy groups -OCH3 is 1. The van der Waals surface area contributed by atoms with Crippen LogP contribution in [0.25, 0.3) is 0 Å². The summed E-state index contributed by atoms with van der Waals surface area (Å²) < 4.78 is 4.55. The van der Waals surface area contributed by atoms with Crippen LogP contribution in [-0.2, 0) is 14.3 Å². The van der Waals surface area contributed by atoms with Crippen LogP contribution in [0, 0.1) is 5.92 Å². The summed E-state index contributed by atoms with van der Waals surface area (Å²) in [6, 6.07) is 0. The van der Waals surface area contributed by atoms with Crippen molar-refractivity contribution < 1.29 is 24.5 Å². The van der Waals surface area contributed by atoms with E-state index in [1.54, 1.807) is 6.92 Å². The first kappa shape index (κ1) is 15.6. The van der Waals surface area contributed by atoms with Crippen molar-refractivity contribution in [3.63, 3.8) is 0 Å². The number of aliphatic carboxylic acids is 1. The van der Waals surface area contributed by atoms with Crippen LogP contribution in [-0.4, -0.2) is 35.4 Å². The highest BCUT2D eigenvalue weighted by Gasteiger charge is 2.26. The highest BCUT2D eigenvalue weighted by molar-refractivity contribution is 5.93. The molecule has 0 rings (SSSR count). The van der Waals surface area contributed by atoms with Crippen LogP contribution in [0.2, 0.25) is 0 Å². The maximum absolute atomic E-state index is 11.4. The Morgan fingerprint density at radius 1 is 1.29 bits per heavy atom. The van der Waals surface area contributed by atoms with E-state index in [9.17, 15) is 9.59 Å². The number of rotatable bonds is 8. The zero-order chi connectivity index (χ0) is 13.4. The molecule has 0 aliphatic heterocycles. The fourth-order valence-corrected chi connectivity index (χ4v) is 1.51. The molecule has 0 amide bonds. The second-order valence-corrected chi connectivity index (χ2v) is 4.04. The van der Waals surface area contributed by atoms with Crippen LogP contribution >= 0.6 is 0 Å². The number of aliphatic hydroxyl groups excluding tert-OH is 1. The summed E-state index contributed by atoms with van der Waals surface area (Å²) in [7, 11) is 1.22. The van der Waals surface area contributed by atoms with E-state index in [1.165, 1.54) is 7.11 Å². The van der Waals surface area contributed by atoms with E-state index in [1.807, 2.05) is 0 Å². The number of aliphatic hydroxyl groups is 1. The first-order valence-electron chi connectivity index (χ1n) is 5.58. The molecule has 0 spiro atoms. The Bertz CT molecular complexity index is 283. The molecule has 0 aliphatic carbocycles. The quantitative estimate of drug-likeness (QED) is 0.382. The second-order valence-electron chi connectivity index (χ2n) is 4.04. The van der Waals surface area contributed by atoms with Gasteiger partial charge >= 0.3 is 11.9 Å². The molecule has 2 atom stereocenters. The highest BCUT2D eigenvalue weighted by Crippen LogP contribution is 2.19. The predicted molar refractivity (Wildman–Crippen MR) is 62.4 cm³/mol. The Labute approximate surface area is 101 Å². The van der Waals surface area contributed by atoms with E-state index in [0.29, 0.717) is 19.3 Å². The molecular weight excluding hydrogens is 224 g/mol. The lowest BCUT2D eigenvalue weighted by molar-refractivity contribution is -0.146. The lowest BCUT2D eigenvalue weighted by Gasteiger charge is -2.14. The molecule has 0 fully saturated rings. The third-order valence-electron chi connectivity index (χ3n) is 2.55. The standard InChI is InChI=1S/C12H20O5/c1-8(13)6-4-5-7-10(12(16)17-3)9(2)11(14)15/h8,10,13H,2,4-7H2,1,3H3,(H,14,15)/t8-,10-/m1/s1. The largest absolute Gasteiger partial charge is 0.478 e. The molecule has 0 aromatic heterocycles. The minimum Gasteiger partial charge on any atom is -0.478 e. The van der Waals surface area contributed by atoms with Crippen molar-refractivity contribution in [1.29, 1.82) is 0 Å². The van der Waals surface area contributed by atoms with E-state index in [2.05, 4.69) is 11.3 Å². The number of carbonyl (C=O) groups excluding carboxylic acids is 1. The van der Waals surface area contributed by atoms with Gasteiger partial charge in [-0.3, -0.25) is 4.79 Å². The maximum Gasteiger partial charge on any atom is 0.331 e. The topological polar surface area (TPSA) is 83.8 Å². The predicted octanol–water partition coefficient (Wildman–Crippen LogP) is 1.36. The third-order valence-corrected chi connectivity index (χ3v) is 2.55. The van der Waals surface area contributed by atoms with Crippen LogP contribution in [0.15, 0.2) is 12.2 Å². The molecule has 5 nitrogen and oxygen atoms in total. The fraction of sp³-hybridized carbons (Fsp3) is 0.667. The Morgan fingerprint density at radius 3 is 2.24 bits per heavy atom. The number of unbranched alkanes of at least 4 members (excludes halogenated alkanes) is 1. The van der Waals surface area contributed by atoms with Gasteiger partial charge in [-0.1, -0.05) is 19.4 Å². The highest BCUT2D eigenvalue weighted by atomic mass is 16.5. The molecule has 0 radical (unpaired) electrons. The van der Waals surface area contributed by atoms with Crippen LogP contribution in [0.5, 0.6) is 0 Å². The fourth-order valence-electron chi connectivity index (χ4n) is 1.51. The number of hydrogen-bond donors (Lipinski definition) is 2. The van der Waals surface area contributed by atoms with E-state index in [0.717, 1.165) is 6.42 Å². The van der Waals surface area contributed by atoms with Gasteiger partial charge in [0.05, 0.1) is 19.1 Å². The average Bonchev–Trinajstić information content (AvgIpc) is 2.27. The van der Waals surface area contributed by atoms with Gasteiger partial charge in [0.15, 0.2) is 0 Å². The molecule has 0 aliphatic rings. The molecule has 2 N–H and O–H groups in total. The second kappa shape index (κ2) is 7.84. The van der Waals surface area contributed by atoms with Gasteiger partial charge < -0.3 is 14.9 Å². The first-order valence-corrected chi connectivity index (χ1v) is 5.58. The molecule has 17 heavy (non-hydrogen) atoms. The van der Waals surface area contributed by atoms with E-state index >= 15 is 0 Å². The summed E-state index contributed by atoms with van der Waals surface area (Å²) in [6.45, 7) is 5.08. The smallest absolute Gasteiger partial charge is 0.331 e. The maximum atomic E-state index is 11.4. The van der Waals surface area contributed by atoms with E-state index < -0.39 is 17.9 Å². The molecule has 0 saturated heterocycles. The van der Waals surface area contributed by atoms with Crippen molar-refractivity contribution in [3.8, 4) is 0 Å². The number of hydrogen-bond acceptors (Lipinski definition) is 4. The summed E-state index contributed by atoms with van der Waals surface area (Å²) in [5, 5.41) is 17.9. The zero-order valence-electron chi connectivity index (χ0n) is 10.3. The first-order chi connectivity index (χ1) is 7.90. The monoisotopic (exact) mass is 244 g/mol. The van der Waals surface area contributed by atoms with Crippen molar-refractivity contribution in [1.82, 2.24) is 0 Å². The molecule has 98 valence electrons. The lowest BCUT2D eigenvalue weighted by atomic mass is 9.93. The Hall–Kier alpha value is -1.36. The lowest BCUT2D eigenvalue weighted by Crippen LogP contribution is -2.22. The van der Waals surface area contributed by atoms with Gasteiger partial charge in [0.25, 0.3) is 0 Å². The van der Waals surface area contributed by atoms with Crippen molar-refractivity contribution in [2.45, 2.75) is 38.7 Å². The summed E-state index contributed by atoms with van der Waals surface area (Å²) in [5.74, 6) is -2.56. The number of carboxylic acid groups (broad SMARTS) is 1. The molecule has 0 aromatic carbocycles. The van der Waals surface area contributed by atoms with Gasteiger partial charge in [0.2, 0.25) is 0 Å². The minimum absolute atomic E-state index is 0.145. The van der Waals surface area contributed by atoms with Crippen LogP contribution in [0.1, 0.15) is 32.6 Å².